The lowest BCUT2D eigenvalue weighted by molar-refractivity contribution is 1.14. The summed E-state index contributed by atoms with van der Waals surface area (Å²) in [4.78, 5) is 4.24. The molecule has 2 aromatic heterocycles. The summed E-state index contributed by atoms with van der Waals surface area (Å²) in [7, 11) is 0. The van der Waals surface area contributed by atoms with Crippen LogP contribution in [0.2, 0.25) is 0 Å². The van der Waals surface area contributed by atoms with Crippen LogP contribution in [-0.2, 0) is 6.54 Å². The molecule has 0 radical (unpaired) electrons. The maximum Gasteiger partial charge on any atom is 0.184 e. The van der Waals surface area contributed by atoms with Crippen molar-refractivity contribution >= 4 is 43.7 Å². The van der Waals surface area contributed by atoms with E-state index in [1.54, 1.807) is 22.7 Å². The highest BCUT2D eigenvalue weighted by atomic mass is 79.9. The van der Waals surface area contributed by atoms with Crippen LogP contribution in [0.3, 0.4) is 0 Å². The van der Waals surface area contributed by atoms with Gasteiger partial charge in [-0.1, -0.05) is 0 Å². The molecule has 2 heterocycles. The number of nitrogens with one attached hydrogen (secondary N) is 1. The Labute approximate surface area is 92.8 Å². The lowest BCUT2D eigenvalue weighted by Gasteiger charge is -1.98. The summed E-state index contributed by atoms with van der Waals surface area (Å²) in [5.74, 6) is 0. The van der Waals surface area contributed by atoms with Crippen LogP contribution in [0.1, 0.15) is 5.56 Å². The van der Waals surface area contributed by atoms with Crippen molar-refractivity contribution in [2.24, 2.45) is 0 Å². The van der Waals surface area contributed by atoms with Crippen molar-refractivity contribution in [1.29, 1.82) is 0 Å². The lowest BCUT2D eigenvalue weighted by Crippen LogP contribution is -1.96. The summed E-state index contributed by atoms with van der Waals surface area (Å²) in [6, 6.07) is 2.11. The van der Waals surface area contributed by atoms with Crippen LogP contribution < -0.4 is 5.32 Å². The normalized spacial score (nSPS) is 10.2. The van der Waals surface area contributed by atoms with Gasteiger partial charge in [0.2, 0.25) is 0 Å². The van der Waals surface area contributed by atoms with E-state index in [9.17, 15) is 0 Å². The van der Waals surface area contributed by atoms with Gasteiger partial charge in [0.25, 0.3) is 0 Å². The van der Waals surface area contributed by atoms with Crippen molar-refractivity contribution < 1.29 is 0 Å². The van der Waals surface area contributed by atoms with E-state index < -0.39 is 0 Å². The number of nitrogens with zero attached hydrogens (tertiary/aromatic N) is 1. The minimum atomic E-state index is 0.851. The Hall–Kier alpha value is -0.390. The Kier molecular flexibility index (Phi) is 2.97. The topological polar surface area (TPSA) is 24.9 Å². The second-order valence-corrected chi connectivity index (χ2v) is 4.91. The average molecular weight is 275 g/mol. The highest BCUT2D eigenvalue weighted by Crippen LogP contribution is 2.20. The van der Waals surface area contributed by atoms with Gasteiger partial charge in [-0.2, -0.15) is 11.3 Å². The summed E-state index contributed by atoms with van der Waals surface area (Å²) >= 11 is 6.63. The molecule has 2 aromatic rings. The zero-order valence-electron chi connectivity index (χ0n) is 6.66. The molecule has 0 aliphatic carbocycles. The van der Waals surface area contributed by atoms with E-state index in [1.165, 1.54) is 5.56 Å². The molecular weight excluding hydrogens is 268 g/mol. The number of anilines is 1. The van der Waals surface area contributed by atoms with Crippen LogP contribution >= 0.6 is 38.6 Å². The van der Waals surface area contributed by atoms with Gasteiger partial charge in [-0.3, -0.25) is 0 Å². The molecule has 0 saturated carbocycles. The van der Waals surface area contributed by atoms with Crippen molar-refractivity contribution in [3.8, 4) is 0 Å². The van der Waals surface area contributed by atoms with Gasteiger partial charge in [0.1, 0.15) is 4.60 Å². The van der Waals surface area contributed by atoms with Crippen LogP contribution in [-0.4, -0.2) is 4.98 Å². The molecule has 68 valence electrons. The maximum absolute atomic E-state index is 4.24. The minimum Gasteiger partial charge on any atom is -0.357 e. The van der Waals surface area contributed by atoms with Crippen molar-refractivity contribution in [3.05, 3.63) is 32.4 Å². The van der Waals surface area contributed by atoms with Gasteiger partial charge < -0.3 is 5.32 Å². The van der Waals surface area contributed by atoms with Gasteiger partial charge in [-0.05, 0) is 38.3 Å². The van der Waals surface area contributed by atoms with Crippen molar-refractivity contribution in [2.75, 3.05) is 5.32 Å². The van der Waals surface area contributed by atoms with Crippen LogP contribution in [0, 0.1) is 0 Å². The molecular formula is C8H7BrN2S2. The third-order valence-corrected chi connectivity index (χ3v) is 3.74. The Balaban J connectivity index is 1.93. The standard InChI is InChI=1S/C8H7BrN2S2/c9-7-5-13-8(11-7)10-3-6-1-2-12-4-6/h1-2,4-5H,3H2,(H,10,11). The van der Waals surface area contributed by atoms with Crippen molar-refractivity contribution in [1.82, 2.24) is 4.98 Å². The molecule has 1 N–H and O–H groups in total. The molecule has 2 nitrogen and oxygen atoms in total. The molecule has 0 spiro atoms. The van der Waals surface area contributed by atoms with E-state index >= 15 is 0 Å². The average Bonchev–Trinajstić information content (AvgIpc) is 2.71. The third kappa shape index (κ3) is 2.52. The molecule has 13 heavy (non-hydrogen) atoms. The first-order valence-electron chi connectivity index (χ1n) is 3.70. The smallest absolute Gasteiger partial charge is 0.184 e. The molecule has 0 bridgehead atoms. The van der Waals surface area contributed by atoms with Gasteiger partial charge in [-0.25, -0.2) is 4.98 Å². The van der Waals surface area contributed by atoms with Crippen molar-refractivity contribution in [3.63, 3.8) is 0 Å². The largest absolute Gasteiger partial charge is 0.357 e. The molecule has 0 atom stereocenters. The van der Waals surface area contributed by atoms with Crippen LogP contribution in [0.4, 0.5) is 5.13 Å². The quantitative estimate of drug-likeness (QED) is 0.926. The number of thiazole rings is 1. The van der Waals surface area contributed by atoms with E-state index in [-0.39, 0.29) is 0 Å². The van der Waals surface area contributed by atoms with E-state index in [0.29, 0.717) is 0 Å². The fourth-order valence-corrected chi connectivity index (χ4v) is 2.72. The van der Waals surface area contributed by atoms with Crippen LogP contribution in [0.5, 0.6) is 0 Å². The first kappa shape index (κ1) is 9.18. The minimum absolute atomic E-state index is 0.851. The maximum atomic E-state index is 4.24. The van der Waals surface area contributed by atoms with Gasteiger partial charge in [0.15, 0.2) is 5.13 Å². The summed E-state index contributed by atoms with van der Waals surface area (Å²) in [5.41, 5.74) is 1.30. The fourth-order valence-electron chi connectivity index (χ4n) is 0.906. The molecule has 5 heteroatoms. The first-order chi connectivity index (χ1) is 6.34. The molecule has 0 amide bonds. The molecule has 2 rings (SSSR count). The molecule has 0 unspecified atom stereocenters. The van der Waals surface area contributed by atoms with Crippen LogP contribution in [0.15, 0.2) is 26.8 Å². The highest BCUT2D eigenvalue weighted by molar-refractivity contribution is 9.10. The highest BCUT2D eigenvalue weighted by Gasteiger charge is 1.98. The summed E-state index contributed by atoms with van der Waals surface area (Å²) in [5, 5.41) is 10.4. The molecule has 0 aliphatic rings. The lowest BCUT2D eigenvalue weighted by atomic mass is 10.3. The number of rotatable bonds is 3. The van der Waals surface area contributed by atoms with E-state index in [4.69, 9.17) is 0 Å². The Morgan fingerprint density at radius 3 is 3.00 bits per heavy atom. The van der Waals surface area contributed by atoms with E-state index in [0.717, 1.165) is 16.3 Å². The summed E-state index contributed by atoms with van der Waals surface area (Å²) < 4.78 is 0.894. The number of hydrogen-bond acceptors (Lipinski definition) is 4. The summed E-state index contributed by atoms with van der Waals surface area (Å²) in [6.07, 6.45) is 0. The molecule has 0 aromatic carbocycles. The monoisotopic (exact) mass is 274 g/mol. The zero-order chi connectivity index (χ0) is 9.10. The Morgan fingerprint density at radius 1 is 1.46 bits per heavy atom. The molecule has 0 saturated heterocycles. The van der Waals surface area contributed by atoms with Gasteiger partial charge in [-0.15, -0.1) is 11.3 Å². The van der Waals surface area contributed by atoms with E-state index in [1.807, 2.05) is 5.38 Å². The van der Waals surface area contributed by atoms with Gasteiger partial charge in [0.05, 0.1) is 0 Å². The first-order valence-corrected chi connectivity index (χ1v) is 6.32. The van der Waals surface area contributed by atoms with Gasteiger partial charge >= 0.3 is 0 Å². The van der Waals surface area contributed by atoms with Crippen molar-refractivity contribution in [2.45, 2.75) is 6.54 Å². The molecule has 0 fully saturated rings. The predicted octanol–water partition coefficient (Wildman–Crippen LogP) is 3.58. The Bertz CT molecular complexity index is 369. The second kappa shape index (κ2) is 4.21. The van der Waals surface area contributed by atoms with Crippen LogP contribution in [0.25, 0.3) is 0 Å². The number of thiophene rings is 1. The number of halogens is 1. The van der Waals surface area contributed by atoms with Gasteiger partial charge in [0, 0.05) is 11.9 Å². The number of hydrogen-bond donors (Lipinski definition) is 1. The Morgan fingerprint density at radius 2 is 2.38 bits per heavy atom. The van der Waals surface area contributed by atoms with E-state index in [2.05, 4.69) is 43.1 Å². The second-order valence-electron chi connectivity index (χ2n) is 2.46. The zero-order valence-corrected chi connectivity index (χ0v) is 9.88. The molecule has 0 aliphatic heterocycles. The predicted molar refractivity (Wildman–Crippen MR) is 61.5 cm³/mol. The summed E-state index contributed by atoms with van der Waals surface area (Å²) in [6.45, 7) is 0.851. The fraction of sp³-hybridized carbons (Fsp3) is 0.125. The third-order valence-electron chi connectivity index (χ3n) is 1.50. The number of aromatic nitrogens is 1. The SMILES string of the molecule is Brc1csc(NCc2ccsc2)n1.